The van der Waals surface area contributed by atoms with E-state index in [9.17, 15) is 5.11 Å². The minimum Gasteiger partial charge on any atom is -0.397 e. The Morgan fingerprint density at radius 3 is 2.88 bits per heavy atom. The third kappa shape index (κ3) is 2.14. The molecule has 3 N–H and O–H groups in total. The molecule has 0 radical (unpaired) electrons. The summed E-state index contributed by atoms with van der Waals surface area (Å²) in [4.78, 5) is 2.29. The summed E-state index contributed by atoms with van der Waals surface area (Å²) in [7, 11) is 0. The van der Waals surface area contributed by atoms with E-state index in [-0.39, 0.29) is 6.10 Å². The monoisotopic (exact) mass is 220 g/mol. The van der Waals surface area contributed by atoms with Crippen molar-refractivity contribution in [3.05, 3.63) is 24.3 Å². The molecule has 16 heavy (non-hydrogen) atoms. The highest BCUT2D eigenvalue weighted by Gasteiger charge is 2.26. The van der Waals surface area contributed by atoms with Crippen LogP contribution in [0.5, 0.6) is 0 Å². The van der Waals surface area contributed by atoms with Crippen LogP contribution in [-0.4, -0.2) is 24.3 Å². The first-order valence-electron chi connectivity index (χ1n) is 6.00. The molecule has 1 aliphatic rings. The second kappa shape index (κ2) is 4.74. The number of nitrogens with zero attached hydrogens (tertiary/aromatic N) is 1. The SMILES string of the molecule is CC[C@H]1CN(c2ccccc2N)CC[C@H]1O. The number of hydrogen-bond acceptors (Lipinski definition) is 3. The van der Waals surface area contributed by atoms with Crippen molar-refractivity contribution in [1.29, 1.82) is 0 Å². The second-order valence-electron chi connectivity index (χ2n) is 4.53. The van der Waals surface area contributed by atoms with Crippen LogP contribution in [0.3, 0.4) is 0 Å². The molecule has 0 unspecified atom stereocenters. The molecular formula is C13H20N2O. The molecule has 3 heteroatoms. The molecular weight excluding hydrogens is 200 g/mol. The molecule has 0 amide bonds. The van der Waals surface area contributed by atoms with Crippen LogP contribution < -0.4 is 10.6 Å². The average Bonchev–Trinajstić information content (AvgIpc) is 2.31. The zero-order chi connectivity index (χ0) is 11.5. The lowest BCUT2D eigenvalue weighted by Crippen LogP contribution is -2.43. The van der Waals surface area contributed by atoms with Gasteiger partial charge in [-0.2, -0.15) is 0 Å². The number of para-hydroxylation sites is 2. The van der Waals surface area contributed by atoms with E-state index >= 15 is 0 Å². The van der Waals surface area contributed by atoms with E-state index in [1.54, 1.807) is 0 Å². The van der Waals surface area contributed by atoms with Gasteiger partial charge >= 0.3 is 0 Å². The Balaban J connectivity index is 2.14. The molecule has 2 atom stereocenters. The van der Waals surface area contributed by atoms with Gasteiger partial charge in [0.15, 0.2) is 0 Å². The Labute approximate surface area is 96.9 Å². The second-order valence-corrected chi connectivity index (χ2v) is 4.53. The van der Waals surface area contributed by atoms with Crippen molar-refractivity contribution in [2.45, 2.75) is 25.9 Å². The van der Waals surface area contributed by atoms with Crippen molar-refractivity contribution in [3.8, 4) is 0 Å². The van der Waals surface area contributed by atoms with Crippen LogP contribution in [-0.2, 0) is 0 Å². The summed E-state index contributed by atoms with van der Waals surface area (Å²) in [6.45, 7) is 3.93. The molecule has 1 fully saturated rings. The van der Waals surface area contributed by atoms with E-state index in [0.717, 1.165) is 37.3 Å². The number of anilines is 2. The molecule has 0 aliphatic carbocycles. The third-order valence-corrected chi connectivity index (χ3v) is 3.50. The van der Waals surface area contributed by atoms with Crippen LogP contribution in [0.1, 0.15) is 19.8 Å². The highest BCUT2D eigenvalue weighted by atomic mass is 16.3. The number of hydrogen-bond donors (Lipinski definition) is 2. The van der Waals surface area contributed by atoms with Gasteiger partial charge in [-0.1, -0.05) is 19.1 Å². The number of rotatable bonds is 2. The minimum absolute atomic E-state index is 0.147. The molecule has 0 bridgehead atoms. The Hall–Kier alpha value is -1.22. The van der Waals surface area contributed by atoms with Gasteiger partial charge in [0.25, 0.3) is 0 Å². The van der Waals surface area contributed by atoms with Crippen molar-refractivity contribution >= 4 is 11.4 Å². The molecule has 1 heterocycles. The Bertz CT molecular complexity index is 354. The normalized spacial score (nSPS) is 25.8. The zero-order valence-corrected chi connectivity index (χ0v) is 9.76. The fourth-order valence-electron chi connectivity index (χ4n) is 2.42. The average molecular weight is 220 g/mol. The summed E-state index contributed by atoms with van der Waals surface area (Å²) in [5.41, 5.74) is 7.90. The van der Waals surface area contributed by atoms with Gasteiger partial charge in [0.2, 0.25) is 0 Å². The summed E-state index contributed by atoms with van der Waals surface area (Å²) in [5, 5.41) is 9.85. The van der Waals surface area contributed by atoms with E-state index in [2.05, 4.69) is 17.9 Å². The Morgan fingerprint density at radius 1 is 1.44 bits per heavy atom. The third-order valence-electron chi connectivity index (χ3n) is 3.50. The molecule has 1 aliphatic heterocycles. The Kier molecular flexibility index (Phi) is 3.34. The smallest absolute Gasteiger partial charge is 0.0602 e. The van der Waals surface area contributed by atoms with Gasteiger partial charge in [0.1, 0.15) is 0 Å². The van der Waals surface area contributed by atoms with Crippen LogP contribution >= 0.6 is 0 Å². The summed E-state index contributed by atoms with van der Waals surface area (Å²) < 4.78 is 0. The number of nitrogen functional groups attached to an aromatic ring is 1. The van der Waals surface area contributed by atoms with E-state index < -0.39 is 0 Å². The van der Waals surface area contributed by atoms with Crippen molar-refractivity contribution in [1.82, 2.24) is 0 Å². The van der Waals surface area contributed by atoms with Crippen molar-refractivity contribution < 1.29 is 5.11 Å². The maximum absolute atomic E-state index is 9.85. The lowest BCUT2D eigenvalue weighted by atomic mass is 9.92. The number of aliphatic hydroxyl groups is 1. The first kappa shape index (κ1) is 11.3. The lowest BCUT2D eigenvalue weighted by molar-refractivity contribution is 0.0860. The van der Waals surface area contributed by atoms with Crippen LogP contribution in [0.2, 0.25) is 0 Å². The van der Waals surface area contributed by atoms with E-state index in [4.69, 9.17) is 5.73 Å². The maximum atomic E-state index is 9.85. The van der Waals surface area contributed by atoms with E-state index in [1.165, 1.54) is 0 Å². The van der Waals surface area contributed by atoms with Gasteiger partial charge in [0, 0.05) is 19.0 Å². The van der Waals surface area contributed by atoms with Crippen molar-refractivity contribution in [2.75, 3.05) is 23.7 Å². The first-order chi connectivity index (χ1) is 7.72. The van der Waals surface area contributed by atoms with E-state index in [1.807, 2.05) is 18.2 Å². The van der Waals surface area contributed by atoms with Crippen molar-refractivity contribution in [3.63, 3.8) is 0 Å². The quantitative estimate of drug-likeness (QED) is 0.748. The predicted molar refractivity (Wildman–Crippen MR) is 67.5 cm³/mol. The molecule has 88 valence electrons. The van der Waals surface area contributed by atoms with Crippen LogP contribution in [0.15, 0.2) is 24.3 Å². The number of piperidine rings is 1. The topological polar surface area (TPSA) is 49.5 Å². The molecule has 2 rings (SSSR count). The number of aliphatic hydroxyl groups excluding tert-OH is 1. The molecule has 0 aromatic heterocycles. The summed E-state index contributed by atoms with van der Waals surface area (Å²) in [6.07, 6.45) is 1.71. The molecule has 1 aromatic carbocycles. The minimum atomic E-state index is -0.147. The fraction of sp³-hybridized carbons (Fsp3) is 0.538. The molecule has 0 saturated carbocycles. The van der Waals surface area contributed by atoms with Gasteiger partial charge in [-0.05, 0) is 25.0 Å². The van der Waals surface area contributed by atoms with Crippen LogP contribution in [0.25, 0.3) is 0 Å². The Morgan fingerprint density at radius 2 is 2.19 bits per heavy atom. The van der Waals surface area contributed by atoms with Crippen LogP contribution in [0.4, 0.5) is 11.4 Å². The van der Waals surface area contributed by atoms with Gasteiger partial charge in [-0.25, -0.2) is 0 Å². The maximum Gasteiger partial charge on any atom is 0.0602 e. The summed E-state index contributed by atoms with van der Waals surface area (Å²) in [6, 6.07) is 7.95. The number of benzene rings is 1. The van der Waals surface area contributed by atoms with Crippen LogP contribution in [0, 0.1) is 5.92 Å². The zero-order valence-electron chi connectivity index (χ0n) is 9.76. The standard InChI is InChI=1S/C13H20N2O/c1-2-10-9-15(8-7-13(10)16)12-6-4-3-5-11(12)14/h3-6,10,13,16H,2,7-9,14H2,1H3/t10-,13+/m0/s1. The fourth-order valence-corrected chi connectivity index (χ4v) is 2.42. The number of nitrogens with two attached hydrogens (primary N) is 1. The highest BCUT2D eigenvalue weighted by molar-refractivity contribution is 5.67. The summed E-state index contributed by atoms with van der Waals surface area (Å²) >= 11 is 0. The lowest BCUT2D eigenvalue weighted by Gasteiger charge is -2.37. The summed E-state index contributed by atoms with van der Waals surface area (Å²) in [5.74, 6) is 0.369. The van der Waals surface area contributed by atoms with E-state index in [0.29, 0.717) is 5.92 Å². The van der Waals surface area contributed by atoms with Gasteiger partial charge in [0.05, 0.1) is 17.5 Å². The predicted octanol–water partition coefficient (Wildman–Crippen LogP) is 1.87. The molecule has 1 aromatic rings. The molecule has 0 spiro atoms. The first-order valence-corrected chi connectivity index (χ1v) is 6.00. The van der Waals surface area contributed by atoms with Gasteiger partial charge in [-0.15, -0.1) is 0 Å². The van der Waals surface area contributed by atoms with Gasteiger partial charge < -0.3 is 15.7 Å². The highest BCUT2D eigenvalue weighted by Crippen LogP contribution is 2.28. The van der Waals surface area contributed by atoms with Crippen molar-refractivity contribution in [2.24, 2.45) is 5.92 Å². The molecule has 1 saturated heterocycles. The van der Waals surface area contributed by atoms with Gasteiger partial charge in [-0.3, -0.25) is 0 Å². The largest absolute Gasteiger partial charge is 0.397 e. The molecule has 3 nitrogen and oxygen atoms in total.